The van der Waals surface area contributed by atoms with Gasteiger partial charge in [0.05, 0.1) is 11.5 Å². The lowest BCUT2D eigenvalue weighted by atomic mass is 9.88. The van der Waals surface area contributed by atoms with Crippen molar-refractivity contribution >= 4 is 23.4 Å². The smallest absolute Gasteiger partial charge is 0.239 e. The summed E-state index contributed by atoms with van der Waals surface area (Å²) >= 11 is 0. The minimum absolute atomic E-state index is 0.0180. The maximum atomic E-state index is 13.7. The summed E-state index contributed by atoms with van der Waals surface area (Å²) in [6.45, 7) is 9.45. The highest BCUT2D eigenvalue weighted by Crippen LogP contribution is 2.48. The highest BCUT2D eigenvalue weighted by atomic mass is 16.2. The lowest BCUT2D eigenvalue weighted by Gasteiger charge is -2.27. The zero-order chi connectivity index (χ0) is 24.2. The second-order valence-corrected chi connectivity index (χ2v) is 10.7. The first kappa shape index (κ1) is 22.2. The minimum atomic E-state index is -0.643. The molecule has 1 aliphatic carbocycles. The fourth-order valence-corrected chi connectivity index (χ4v) is 6.02. The molecule has 0 saturated carbocycles. The fraction of sp³-hybridized carbons (Fsp3) is 0.414. The molecule has 0 bridgehead atoms. The summed E-state index contributed by atoms with van der Waals surface area (Å²) in [5.41, 5.74) is 6.44. The normalized spacial score (nSPS) is 20.8. The van der Waals surface area contributed by atoms with Crippen molar-refractivity contribution in [2.75, 3.05) is 23.3 Å². The molecule has 1 saturated heterocycles. The number of amides is 1. The van der Waals surface area contributed by atoms with Crippen LogP contribution in [0.15, 0.2) is 48.7 Å². The number of fused-ring (bicyclic) bond motifs is 2. The molecule has 35 heavy (non-hydrogen) atoms. The van der Waals surface area contributed by atoms with E-state index in [-0.39, 0.29) is 11.9 Å². The van der Waals surface area contributed by atoms with Gasteiger partial charge >= 0.3 is 0 Å². The lowest BCUT2D eigenvalue weighted by Crippen LogP contribution is -2.38. The molecule has 0 radical (unpaired) electrons. The van der Waals surface area contributed by atoms with Crippen molar-refractivity contribution in [2.45, 2.75) is 64.5 Å². The molecule has 3 aliphatic rings. The van der Waals surface area contributed by atoms with Gasteiger partial charge in [-0.2, -0.15) is 4.98 Å². The van der Waals surface area contributed by atoms with Crippen LogP contribution in [0.2, 0.25) is 0 Å². The Morgan fingerprint density at radius 1 is 1.11 bits per heavy atom. The third-order valence-corrected chi connectivity index (χ3v) is 8.00. The Labute approximate surface area is 207 Å². The number of aromatic nitrogens is 2. The molecule has 2 aliphatic heterocycles. The van der Waals surface area contributed by atoms with E-state index in [0.29, 0.717) is 5.95 Å². The van der Waals surface area contributed by atoms with Crippen LogP contribution < -0.4 is 10.2 Å². The number of nitrogens with zero attached hydrogens (tertiary/aromatic N) is 4. The molecular weight excluding hydrogens is 434 g/mol. The maximum absolute atomic E-state index is 13.7. The van der Waals surface area contributed by atoms with Crippen molar-refractivity contribution in [3.63, 3.8) is 0 Å². The van der Waals surface area contributed by atoms with Gasteiger partial charge in [0.15, 0.2) is 0 Å². The van der Waals surface area contributed by atoms with Gasteiger partial charge in [0.2, 0.25) is 11.9 Å². The molecular formula is C29H33N5O. The predicted octanol–water partition coefficient (Wildman–Crippen LogP) is 5.44. The van der Waals surface area contributed by atoms with Gasteiger partial charge in [0, 0.05) is 24.0 Å². The molecule has 1 N–H and O–H groups in total. The molecule has 6 nitrogen and oxygen atoms in total. The molecule has 1 fully saturated rings. The van der Waals surface area contributed by atoms with Crippen molar-refractivity contribution < 1.29 is 4.79 Å². The van der Waals surface area contributed by atoms with Gasteiger partial charge in [-0.25, -0.2) is 4.98 Å². The summed E-state index contributed by atoms with van der Waals surface area (Å²) in [5.74, 6) is 1.37. The van der Waals surface area contributed by atoms with E-state index in [1.807, 2.05) is 31.0 Å². The molecule has 1 aromatic heterocycles. The number of aryl methyl sites for hydroxylation is 1. The summed E-state index contributed by atoms with van der Waals surface area (Å²) in [5, 5.41) is 3.40. The average molecular weight is 468 g/mol. The standard InChI is InChI=1S/C29H33N5O/c1-19-8-6-11-23-22(19)12-13-25(23)34-26-24(29(2,3)27(34)35)17-30-28(32-26)31-21-10-7-9-20(16-21)18-33-14-4-5-15-33/h6-11,16-17,25H,4-5,12-15,18H2,1-3H3,(H,30,31,32)/t25-/m0/s1. The van der Waals surface area contributed by atoms with Crippen LogP contribution in [0.25, 0.3) is 0 Å². The largest absolute Gasteiger partial charge is 0.324 e. The topological polar surface area (TPSA) is 61.4 Å². The van der Waals surface area contributed by atoms with Crippen molar-refractivity contribution in [1.82, 2.24) is 14.9 Å². The zero-order valence-electron chi connectivity index (χ0n) is 20.8. The number of benzene rings is 2. The molecule has 3 heterocycles. The summed E-state index contributed by atoms with van der Waals surface area (Å²) < 4.78 is 0. The van der Waals surface area contributed by atoms with Crippen molar-refractivity contribution in [1.29, 1.82) is 0 Å². The van der Waals surface area contributed by atoms with Crippen LogP contribution in [0, 0.1) is 6.92 Å². The van der Waals surface area contributed by atoms with Crippen molar-refractivity contribution in [3.05, 3.63) is 76.5 Å². The van der Waals surface area contributed by atoms with Crippen LogP contribution in [0.4, 0.5) is 17.5 Å². The van der Waals surface area contributed by atoms with Crippen LogP contribution in [-0.2, 0) is 23.2 Å². The zero-order valence-corrected chi connectivity index (χ0v) is 20.8. The van der Waals surface area contributed by atoms with Gasteiger partial charge in [-0.3, -0.25) is 14.6 Å². The van der Waals surface area contributed by atoms with Gasteiger partial charge in [0.1, 0.15) is 5.82 Å². The first-order chi connectivity index (χ1) is 16.9. The van der Waals surface area contributed by atoms with Crippen molar-refractivity contribution in [2.24, 2.45) is 0 Å². The van der Waals surface area contributed by atoms with E-state index in [2.05, 4.69) is 58.5 Å². The molecule has 180 valence electrons. The van der Waals surface area contributed by atoms with E-state index in [1.54, 1.807) is 0 Å². The summed E-state index contributed by atoms with van der Waals surface area (Å²) in [6, 6.07) is 14.9. The Balaban J connectivity index is 1.31. The van der Waals surface area contributed by atoms with Crippen LogP contribution in [-0.4, -0.2) is 33.9 Å². The number of hydrogen-bond donors (Lipinski definition) is 1. The van der Waals surface area contributed by atoms with Gasteiger partial charge < -0.3 is 5.32 Å². The minimum Gasteiger partial charge on any atom is -0.324 e. The number of anilines is 3. The predicted molar refractivity (Wildman–Crippen MR) is 139 cm³/mol. The lowest BCUT2D eigenvalue weighted by molar-refractivity contribution is -0.122. The van der Waals surface area contributed by atoms with Crippen LogP contribution in [0.1, 0.15) is 67.0 Å². The summed E-state index contributed by atoms with van der Waals surface area (Å²) in [6.07, 6.45) is 6.33. The molecule has 1 amide bonds. The molecule has 0 unspecified atom stereocenters. The Bertz CT molecular complexity index is 1290. The van der Waals surface area contributed by atoms with Gasteiger partial charge in [0.25, 0.3) is 0 Å². The number of carbonyl (C=O) groups is 1. The number of hydrogen-bond acceptors (Lipinski definition) is 5. The molecule has 6 heteroatoms. The first-order valence-corrected chi connectivity index (χ1v) is 12.8. The average Bonchev–Trinajstić information content (AvgIpc) is 3.54. The van der Waals surface area contributed by atoms with Gasteiger partial charge in [-0.05, 0) is 93.9 Å². The highest BCUT2D eigenvalue weighted by molar-refractivity contribution is 6.07. The van der Waals surface area contributed by atoms with Crippen LogP contribution in [0.3, 0.4) is 0 Å². The number of rotatable bonds is 5. The van der Waals surface area contributed by atoms with E-state index in [9.17, 15) is 4.79 Å². The fourth-order valence-electron chi connectivity index (χ4n) is 6.02. The highest BCUT2D eigenvalue weighted by Gasteiger charge is 2.49. The Hall–Kier alpha value is -3.25. The van der Waals surface area contributed by atoms with Crippen LogP contribution in [0.5, 0.6) is 0 Å². The van der Waals surface area contributed by atoms with E-state index in [1.165, 1.54) is 48.2 Å². The summed E-state index contributed by atoms with van der Waals surface area (Å²) in [4.78, 5) is 27.7. The number of carbonyl (C=O) groups excluding carboxylic acids is 1. The monoisotopic (exact) mass is 467 g/mol. The van der Waals surface area contributed by atoms with Crippen molar-refractivity contribution in [3.8, 4) is 0 Å². The summed E-state index contributed by atoms with van der Waals surface area (Å²) in [7, 11) is 0. The maximum Gasteiger partial charge on any atom is 0.239 e. The van der Waals surface area contributed by atoms with E-state index < -0.39 is 5.41 Å². The second-order valence-electron chi connectivity index (χ2n) is 10.7. The quantitative estimate of drug-likeness (QED) is 0.542. The first-order valence-electron chi connectivity index (χ1n) is 12.8. The van der Waals surface area contributed by atoms with E-state index in [0.717, 1.165) is 36.5 Å². The molecule has 0 spiro atoms. The second kappa shape index (κ2) is 8.45. The SMILES string of the molecule is Cc1cccc2c1CC[C@@H]2N1C(=O)C(C)(C)c2cnc(Nc3cccc(CN4CCCC4)c3)nc21. The van der Waals surface area contributed by atoms with Gasteiger partial charge in [-0.15, -0.1) is 0 Å². The van der Waals surface area contributed by atoms with E-state index >= 15 is 0 Å². The molecule has 6 rings (SSSR count). The van der Waals surface area contributed by atoms with Crippen LogP contribution >= 0.6 is 0 Å². The Kier molecular flexibility index (Phi) is 5.37. The third kappa shape index (κ3) is 3.80. The number of likely N-dealkylation sites (tertiary alicyclic amines) is 1. The van der Waals surface area contributed by atoms with Gasteiger partial charge in [-0.1, -0.05) is 30.3 Å². The molecule has 3 aromatic rings. The Morgan fingerprint density at radius 3 is 2.74 bits per heavy atom. The molecule has 2 aromatic carbocycles. The molecule has 1 atom stereocenters. The van der Waals surface area contributed by atoms with E-state index in [4.69, 9.17) is 4.98 Å². The Morgan fingerprint density at radius 2 is 1.91 bits per heavy atom. The third-order valence-electron chi connectivity index (χ3n) is 8.00. The number of nitrogens with one attached hydrogen (secondary N) is 1.